The van der Waals surface area contributed by atoms with Crippen LogP contribution in [-0.4, -0.2) is 62.0 Å². The first kappa shape index (κ1) is 20.1. The Balaban J connectivity index is 2.00. The molecule has 1 amide bonds. The lowest BCUT2D eigenvalue weighted by atomic mass is 9.93. The van der Waals surface area contributed by atoms with Crippen molar-refractivity contribution in [1.29, 1.82) is 0 Å². The molecule has 6 heteroatoms. The normalized spacial score (nSPS) is 16.5. The van der Waals surface area contributed by atoms with Gasteiger partial charge in [-0.15, -0.1) is 0 Å². The maximum absolute atomic E-state index is 11.7. The number of amides is 1. The molecular formula is C20H32N4O2. The highest BCUT2D eigenvalue weighted by Crippen LogP contribution is 2.28. The second kappa shape index (κ2) is 8.92. The molecule has 1 saturated heterocycles. The molecule has 0 saturated carbocycles. The van der Waals surface area contributed by atoms with Gasteiger partial charge in [0.2, 0.25) is 0 Å². The number of carbonyl (C=O) groups is 1. The van der Waals surface area contributed by atoms with Crippen LogP contribution in [-0.2, 0) is 11.3 Å². The molecule has 0 atom stereocenters. The Kier molecular flexibility index (Phi) is 6.89. The van der Waals surface area contributed by atoms with Gasteiger partial charge in [0.1, 0.15) is 5.75 Å². The molecule has 0 aliphatic carbocycles. The molecule has 0 spiro atoms. The standard InChI is InChI=1S/C20H32N4O2/c1-6-21-19(24-11-10-20(2,3)15-24)22-13-16-8-7-9-17(12-16)26-14-18(25)23(4)5/h7-9,12H,6,10-11,13-15H2,1-5H3,(H,21,22). The summed E-state index contributed by atoms with van der Waals surface area (Å²) in [6.45, 7) is 10.2. The fourth-order valence-electron chi connectivity index (χ4n) is 2.89. The molecule has 1 fully saturated rings. The van der Waals surface area contributed by atoms with E-state index < -0.39 is 0 Å². The van der Waals surface area contributed by atoms with Gasteiger partial charge in [0, 0.05) is 33.7 Å². The highest BCUT2D eigenvalue weighted by atomic mass is 16.5. The van der Waals surface area contributed by atoms with Crippen molar-refractivity contribution in [2.75, 3.05) is 40.3 Å². The summed E-state index contributed by atoms with van der Waals surface area (Å²) in [7, 11) is 3.44. The fourth-order valence-corrected chi connectivity index (χ4v) is 2.89. The zero-order chi connectivity index (χ0) is 19.2. The van der Waals surface area contributed by atoms with E-state index >= 15 is 0 Å². The summed E-state index contributed by atoms with van der Waals surface area (Å²) < 4.78 is 5.59. The van der Waals surface area contributed by atoms with E-state index in [9.17, 15) is 4.79 Å². The van der Waals surface area contributed by atoms with Crippen LogP contribution in [0.2, 0.25) is 0 Å². The van der Waals surface area contributed by atoms with Gasteiger partial charge in [-0.1, -0.05) is 26.0 Å². The van der Waals surface area contributed by atoms with E-state index in [0.29, 0.717) is 17.7 Å². The molecule has 2 rings (SSSR count). The maximum Gasteiger partial charge on any atom is 0.259 e. The van der Waals surface area contributed by atoms with E-state index in [1.54, 1.807) is 14.1 Å². The van der Waals surface area contributed by atoms with Gasteiger partial charge in [-0.2, -0.15) is 0 Å². The third-order valence-electron chi connectivity index (χ3n) is 4.48. The number of likely N-dealkylation sites (tertiary alicyclic amines) is 1. The zero-order valence-corrected chi connectivity index (χ0v) is 16.7. The van der Waals surface area contributed by atoms with Crippen molar-refractivity contribution >= 4 is 11.9 Å². The molecule has 144 valence electrons. The lowest BCUT2D eigenvalue weighted by Gasteiger charge is -2.23. The average molecular weight is 361 g/mol. The molecule has 1 heterocycles. The largest absolute Gasteiger partial charge is 0.484 e. The van der Waals surface area contributed by atoms with Crippen LogP contribution >= 0.6 is 0 Å². The van der Waals surface area contributed by atoms with Crippen LogP contribution in [0.3, 0.4) is 0 Å². The Hall–Kier alpha value is -2.24. The molecule has 1 aliphatic heterocycles. The summed E-state index contributed by atoms with van der Waals surface area (Å²) in [6.07, 6.45) is 1.18. The minimum Gasteiger partial charge on any atom is -0.484 e. The Labute approximate surface area is 157 Å². The average Bonchev–Trinajstić information content (AvgIpc) is 2.96. The number of hydrogen-bond acceptors (Lipinski definition) is 3. The van der Waals surface area contributed by atoms with E-state index in [1.165, 1.54) is 11.3 Å². The second-order valence-electron chi connectivity index (χ2n) is 7.73. The number of nitrogens with zero attached hydrogens (tertiary/aromatic N) is 3. The van der Waals surface area contributed by atoms with Crippen LogP contribution in [0.5, 0.6) is 5.75 Å². The Morgan fingerprint density at radius 1 is 1.38 bits per heavy atom. The minimum atomic E-state index is -0.0560. The predicted octanol–water partition coefficient (Wildman–Crippen LogP) is 2.35. The monoisotopic (exact) mass is 360 g/mol. The second-order valence-corrected chi connectivity index (χ2v) is 7.73. The third kappa shape index (κ3) is 5.93. The van der Waals surface area contributed by atoms with Crippen molar-refractivity contribution in [2.45, 2.75) is 33.7 Å². The lowest BCUT2D eigenvalue weighted by molar-refractivity contribution is -0.130. The molecule has 1 aliphatic rings. The quantitative estimate of drug-likeness (QED) is 0.625. The van der Waals surface area contributed by atoms with Gasteiger partial charge in [-0.05, 0) is 36.5 Å². The number of nitrogens with one attached hydrogen (secondary N) is 1. The van der Waals surface area contributed by atoms with Crippen LogP contribution < -0.4 is 10.1 Å². The molecule has 0 aromatic heterocycles. The highest BCUT2D eigenvalue weighted by Gasteiger charge is 2.30. The summed E-state index contributed by atoms with van der Waals surface area (Å²) in [4.78, 5) is 20.3. The van der Waals surface area contributed by atoms with Crippen LogP contribution in [0, 0.1) is 5.41 Å². The number of hydrogen-bond donors (Lipinski definition) is 1. The van der Waals surface area contributed by atoms with Gasteiger partial charge in [0.25, 0.3) is 5.91 Å². The maximum atomic E-state index is 11.7. The predicted molar refractivity (Wildman–Crippen MR) is 105 cm³/mol. The van der Waals surface area contributed by atoms with Crippen LogP contribution in [0.15, 0.2) is 29.3 Å². The zero-order valence-electron chi connectivity index (χ0n) is 16.7. The first-order chi connectivity index (χ1) is 12.3. The van der Waals surface area contributed by atoms with Crippen molar-refractivity contribution in [2.24, 2.45) is 10.4 Å². The number of rotatable bonds is 6. The topological polar surface area (TPSA) is 57.2 Å². The molecule has 1 aromatic rings. The van der Waals surface area contributed by atoms with Crippen LogP contribution in [0.25, 0.3) is 0 Å². The van der Waals surface area contributed by atoms with Crippen molar-refractivity contribution in [3.05, 3.63) is 29.8 Å². The number of guanidine groups is 1. The molecular weight excluding hydrogens is 328 g/mol. The molecule has 1 N–H and O–H groups in total. The summed E-state index contributed by atoms with van der Waals surface area (Å²) in [6, 6.07) is 7.78. The van der Waals surface area contributed by atoms with E-state index in [2.05, 4.69) is 31.0 Å². The van der Waals surface area contributed by atoms with Gasteiger partial charge in [0.05, 0.1) is 6.54 Å². The van der Waals surface area contributed by atoms with Crippen LogP contribution in [0.4, 0.5) is 0 Å². The summed E-state index contributed by atoms with van der Waals surface area (Å²) in [5.74, 6) is 1.60. The van der Waals surface area contributed by atoms with Gasteiger partial charge in [-0.3, -0.25) is 4.79 Å². The molecule has 1 aromatic carbocycles. The summed E-state index contributed by atoms with van der Waals surface area (Å²) in [5, 5.41) is 3.39. The SMILES string of the molecule is CCNC(=NCc1cccc(OCC(=O)N(C)C)c1)N1CCC(C)(C)C1. The Morgan fingerprint density at radius 2 is 2.15 bits per heavy atom. The smallest absolute Gasteiger partial charge is 0.259 e. The number of likely N-dealkylation sites (N-methyl/N-ethyl adjacent to an activating group) is 1. The molecule has 0 unspecified atom stereocenters. The molecule has 6 nitrogen and oxygen atoms in total. The van der Waals surface area contributed by atoms with E-state index in [0.717, 1.165) is 31.2 Å². The highest BCUT2D eigenvalue weighted by molar-refractivity contribution is 5.80. The van der Waals surface area contributed by atoms with Gasteiger partial charge in [0.15, 0.2) is 12.6 Å². The van der Waals surface area contributed by atoms with Gasteiger partial charge < -0.3 is 19.9 Å². The Morgan fingerprint density at radius 3 is 2.77 bits per heavy atom. The summed E-state index contributed by atoms with van der Waals surface area (Å²) >= 11 is 0. The first-order valence-corrected chi connectivity index (χ1v) is 9.26. The van der Waals surface area contributed by atoms with Crippen LogP contribution in [0.1, 0.15) is 32.8 Å². The van der Waals surface area contributed by atoms with Crippen molar-refractivity contribution in [3.63, 3.8) is 0 Å². The number of carbonyl (C=O) groups excluding carboxylic acids is 1. The van der Waals surface area contributed by atoms with E-state index in [4.69, 9.17) is 9.73 Å². The molecule has 0 radical (unpaired) electrons. The Bertz CT molecular complexity index is 640. The third-order valence-corrected chi connectivity index (χ3v) is 4.48. The van der Waals surface area contributed by atoms with E-state index in [-0.39, 0.29) is 12.5 Å². The first-order valence-electron chi connectivity index (χ1n) is 9.26. The van der Waals surface area contributed by atoms with Crippen molar-refractivity contribution < 1.29 is 9.53 Å². The lowest BCUT2D eigenvalue weighted by Crippen LogP contribution is -2.40. The van der Waals surface area contributed by atoms with Gasteiger partial charge >= 0.3 is 0 Å². The molecule has 26 heavy (non-hydrogen) atoms. The summed E-state index contributed by atoms with van der Waals surface area (Å²) in [5.41, 5.74) is 1.40. The number of ether oxygens (including phenoxy) is 1. The van der Waals surface area contributed by atoms with Gasteiger partial charge in [-0.25, -0.2) is 4.99 Å². The molecule has 0 bridgehead atoms. The minimum absolute atomic E-state index is 0.0468. The van der Waals surface area contributed by atoms with Crippen molar-refractivity contribution in [1.82, 2.24) is 15.1 Å². The van der Waals surface area contributed by atoms with E-state index in [1.807, 2.05) is 24.3 Å². The number of aliphatic imine (C=N–C) groups is 1. The number of benzene rings is 1. The van der Waals surface area contributed by atoms with Crippen molar-refractivity contribution in [3.8, 4) is 5.75 Å². The fraction of sp³-hybridized carbons (Fsp3) is 0.600.